The van der Waals surface area contributed by atoms with Crippen molar-refractivity contribution in [1.29, 1.82) is 0 Å². The molecule has 0 bridgehead atoms. The first-order valence-corrected chi connectivity index (χ1v) is 9.63. The van der Waals surface area contributed by atoms with Gasteiger partial charge in [-0.2, -0.15) is 0 Å². The normalized spacial score (nSPS) is 23.9. The molecular weight excluding hydrogens is 367 g/mol. The summed E-state index contributed by atoms with van der Waals surface area (Å²) in [7, 11) is 0. The van der Waals surface area contributed by atoms with Crippen molar-refractivity contribution in [3.05, 3.63) is 107 Å². The van der Waals surface area contributed by atoms with E-state index in [1.165, 1.54) is 12.1 Å². The minimum atomic E-state index is -2.50. The lowest BCUT2D eigenvalue weighted by Crippen LogP contribution is -2.49. The highest BCUT2D eigenvalue weighted by atomic mass is 19.1. The smallest absolute Gasteiger partial charge is 0.222 e. The first kappa shape index (κ1) is 19.2. The molecule has 3 aromatic carbocycles. The molecule has 0 radical (unpaired) electrons. The van der Waals surface area contributed by atoms with Crippen molar-refractivity contribution >= 4 is 11.6 Å². The van der Waals surface area contributed by atoms with E-state index in [1.54, 1.807) is 66.7 Å². The maximum atomic E-state index is 16.1. The van der Waals surface area contributed by atoms with Gasteiger partial charge in [0.15, 0.2) is 11.6 Å². The summed E-state index contributed by atoms with van der Waals surface area (Å²) in [5, 5.41) is 11.4. The molecule has 0 saturated heterocycles. The SMILES string of the molecule is O=C(c1ccccc1)c1ccccc1C[C@]1(O)CCC(=O)[C@@]1(F)c1ccccc1. The fourth-order valence-electron chi connectivity index (χ4n) is 4.19. The van der Waals surface area contributed by atoms with Gasteiger partial charge in [-0.1, -0.05) is 84.9 Å². The van der Waals surface area contributed by atoms with E-state index in [9.17, 15) is 14.7 Å². The molecule has 2 atom stereocenters. The lowest BCUT2D eigenvalue weighted by Gasteiger charge is -2.35. The van der Waals surface area contributed by atoms with E-state index < -0.39 is 17.1 Å². The third-order valence-corrected chi connectivity index (χ3v) is 5.74. The Morgan fingerprint density at radius 3 is 2.17 bits per heavy atom. The summed E-state index contributed by atoms with van der Waals surface area (Å²) in [6.07, 6.45) is -0.166. The van der Waals surface area contributed by atoms with E-state index in [0.717, 1.165) is 0 Å². The van der Waals surface area contributed by atoms with Crippen LogP contribution in [0.25, 0.3) is 0 Å². The van der Waals surface area contributed by atoms with Gasteiger partial charge in [0.25, 0.3) is 0 Å². The van der Waals surface area contributed by atoms with E-state index in [4.69, 9.17) is 0 Å². The number of benzene rings is 3. The fraction of sp³-hybridized carbons (Fsp3) is 0.200. The van der Waals surface area contributed by atoms with Gasteiger partial charge in [-0.15, -0.1) is 0 Å². The van der Waals surface area contributed by atoms with Crippen LogP contribution < -0.4 is 0 Å². The molecule has 1 N–H and O–H groups in total. The zero-order valence-electron chi connectivity index (χ0n) is 15.8. The van der Waals surface area contributed by atoms with Crippen LogP contribution in [0.15, 0.2) is 84.9 Å². The number of alkyl halides is 1. The molecule has 4 rings (SSSR count). The highest BCUT2D eigenvalue weighted by Crippen LogP contribution is 2.49. The van der Waals surface area contributed by atoms with Crippen molar-refractivity contribution in [2.75, 3.05) is 0 Å². The summed E-state index contributed by atoms with van der Waals surface area (Å²) in [5.41, 5.74) is -2.82. The van der Waals surface area contributed by atoms with Crippen LogP contribution in [-0.4, -0.2) is 22.3 Å². The van der Waals surface area contributed by atoms with Crippen molar-refractivity contribution in [2.24, 2.45) is 0 Å². The Balaban J connectivity index is 1.74. The molecule has 0 amide bonds. The minimum absolute atomic E-state index is 0.00505. The molecule has 3 aromatic rings. The monoisotopic (exact) mass is 388 g/mol. The van der Waals surface area contributed by atoms with Crippen molar-refractivity contribution in [3.8, 4) is 0 Å². The quantitative estimate of drug-likeness (QED) is 0.659. The summed E-state index contributed by atoms with van der Waals surface area (Å²) in [6.45, 7) is 0. The first-order valence-electron chi connectivity index (χ1n) is 9.63. The van der Waals surface area contributed by atoms with Crippen LogP contribution in [0.1, 0.15) is 39.9 Å². The second kappa shape index (κ2) is 7.37. The molecule has 146 valence electrons. The van der Waals surface area contributed by atoms with Crippen LogP contribution in [0, 0.1) is 0 Å². The average molecular weight is 388 g/mol. The summed E-state index contributed by atoms with van der Waals surface area (Å²) >= 11 is 0. The van der Waals surface area contributed by atoms with Crippen LogP contribution >= 0.6 is 0 Å². The molecule has 0 heterocycles. The van der Waals surface area contributed by atoms with E-state index in [-0.39, 0.29) is 30.6 Å². The summed E-state index contributed by atoms with van der Waals surface area (Å²) in [5.74, 6) is -0.823. The molecule has 1 aliphatic rings. The van der Waals surface area contributed by atoms with E-state index in [0.29, 0.717) is 16.7 Å². The topological polar surface area (TPSA) is 54.4 Å². The lowest BCUT2D eigenvalue weighted by atomic mass is 9.76. The van der Waals surface area contributed by atoms with Gasteiger partial charge in [-0.05, 0) is 17.5 Å². The lowest BCUT2D eigenvalue weighted by molar-refractivity contribution is -0.142. The van der Waals surface area contributed by atoms with Crippen molar-refractivity contribution in [1.82, 2.24) is 0 Å². The molecule has 0 spiro atoms. The number of carbonyl (C=O) groups excluding carboxylic acids is 2. The number of hydrogen-bond acceptors (Lipinski definition) is 3. The molecule has 1 fully saturated rings. The molecule has 0 aliphatic heterocycles. The highest BCUT2D eigenvalue weighted by Gasteiger charge is 2.61. The van der Waals surface area contributed by atoms with Crippen molar-refractivity contribution in [2.45, 2.75) is 30.5 Å². The Morgan fingerprint density at radius 2 is 1.48 bits per heavy atom. The molecule has 29 heavy (non-hydrogen) atoms. The molecule has 1 aliphatic carbocycles. The van der Waals surface area contributed by atoms with Crippen LogP contribution in [0.5, 0.6) is 0 Å². The van der Waals surface area contributed by atoms with Crippen molar-refractivity contribution in [3.63, 3.8) is 0 Å². The van der Waals surface area contributed by atoms with Gasteiger partial charge >= 0.3 is 0 Å². The Labute approximate surface area is 168 Å². The highest BCUT2D eigenvalue weighted by molar-refractivity contribution is 6.10. The number of aliphatic hydroxyl groups is 1. The van der Waals surface area contributed by atoms with Gasteiger partial charge in [-0.3, -0.25) is 9.59 Å². The second-order valence-corrected chi connectivity index (χ2v) is 7.51. The largest absolute Gasteiger partial charge is 0.385 e. The third-order valence-electron chi connectivity index (χ3n) is 5.74. The molecular formula is C25H21FO3. The Bertz CT molecular complexity index is 1050. The van der Waals surface area contributed by atoms with Gasteiger partial charge in [0.05, 0.1) is 0 Å². The van der Waals surface area contributed by atoms with E-state index in [2.05, 4.69) is 0 Å². The number of ketones is 2. The summed E-state index contributed by atoms with van der Waals surface area (Å²) in [4.78, 5) is 25.5. The van der Waals surface area contributed by atoms with Gasteiger partial charge in [0.2, 0.25) is 5.67 Å². The van der Waals surface area contributed by atoms with Crippen LogP contribution in [0.3, 0.4) is 0 Å². The third kappa shape index (κ3) is 3.19. The number of hydrogen-bond donors (Lipinski definition) is 1. The minimum Gasteiger partial charge on any atom is -0.385 e. The molecule has 4 heteroatoms. The van der Waals surface area contributed by atoms with Gasteiger partial charge in [0.1, 0.15) is 5.60 Å². The Hall–Kier alpha value is -3.11. The van der Waals surface area contributed by atoms with Crippen molar-refractivity contribution < 1.29 is 19.1 Å². The van der Waals surface area contributed by atoms with E-state index in [1.807, 2.05) is 6.07 Å². The maximum absolute atomic E-state index is 16.1. The zero-order valence-corrected chi connectivity index (χ0v) is 15.8. The van der Waals surface area contributed by atoms with E-state index >= 15 is 4.39 Å². The number of Topliss-reactive ketones (excluding diaryl/α,β-unsaturated/α-hetero) is 1. The van der Waals surface area contributed by atoms with Crippen LogP contribution in [-0.2, 0) is 16.9 Å². The average Bonchev–Trinajstić information content (AvgIpc) is 3.00. The number of carbonyl (C=O) groups is 2. The summed E-state index contributed by atoms with van der Waals surface area (Å²) in [6, 6.07) is 23.8. The van der Waals surface area contributed by atoms with Crippen LogP contribution in [0.2, 0.25) is 0 Å². The number of rotatable bonds is 5. The molecule has 0 unspecified atom stereocenters. The molecule has 0 aromatic heterocycles. The Kier molecular flexibility index (Phi) is 4.89. The molecule has 1 saturated carbocycles. The first-order chi connectivity index (χ1) is 14.0. The zero-order chi connectivity index (χ0) is 20.5. The van der Waals surface area contributed by atoms with Crippen LogP contribution in [0.4, 0.5) is 4.39 Å². The summed E-state index contributed by atoms with van der Waals surface area (Å²) < 4.78 is 16.1. The van der Waals surface area contributed by atoms with Gasteiger partial charge in [0, 0.05) is 24.0 Å². The molecule has 3 nitrogen and oxygen atoms in total. The predicted octanol–water partition coefficient (Wildman–Crippen LogP) is 4.42. The standard InChI is InChI=1S/C25H21FO3/c26-25(20-12-5-2-6-13-20)22(27)15-16-24(25,29)17-19-11-7-8-14-21(19)23(28)18-9-3-1-4-10-18/h1-14,29H,15-17H2/t24-,25+/m1/s1. The van der Waals surface area contributed by atoms with Gasteiger partial charge < -0.3 is 5.11 Å². The maximum Gasteiger partial charge on any atom is 0.222 e. The second-order valence-electron chi connectivity index (χ2n) is 7.51. The predicted molar refractivity (Wildman–Crippen MR) is 108 cm³/mol. The number of halogens is 1. The fourth-order valence-corrected chi connectivity index (χ4v) is 4.19. The van der Waals surface area contributed by atoms with Gasteiger partial charge in [-0.25, -0.2) is 4.39 Å². The Morgan fingerprint density at radius 1 is 0.897 bits per heavy atom.